The van der Waals surface area contributed by atoms with E-state index in [1.54, 1.807) is 37.3 Å². The zero-order chi connectivity index (χ0) is 24.9. The number of carbonyl (C=O) groups excluding carboxylic acids is 2. The van der Waals surface area contributed by atoms with Gasteiger partial charge in [0, 0.05) is 19.2 Å². The Morgan fingerprint density at radius 1 is 1.00 bits per heavy atom. The van der Waals surface area contributed by atoms with E-state index < -0.39 is 17.7 Å². The van der Waals surface area contributed by atoms with Crippen LogP contribution in [-0.2, 0) is 20.9 Å². The van der Waals surface area contributed by atoms with E-state index in [1.165, 1.54) is 24.1 Å². The standard InChI is InChI=1S/C28H27NO6/c1-18-16-22(35-17-19-6-4-3-5-7-19)12-13-23(18)26(31)24-25(20-8-10-21(30)11-9-20)29(14-15-34-2)28(33)27(24)32/h3-13,16,25,30-31H,14-15,17H2,1-2H3/b26-24-. The summed E-state index contributed by atoms with van der Waals surface area (Å²) < 4.78 is 11.0. The molecule has 3 aromatic rings. The first-order valence-electron chi connectivity index (χ1n) is 11.2. The number of hydrogen-bond donors (Lipinski definition) is 2. The number of aliphatic hydroxyl groups excluding tert-OH is 1. The molecule has 0 aromatic heterocycles. The molecule has 7 nitrogen and oxygen atoms in total. The van der Waals surface area contributed by atoms with Crippen molar-refractivity contribution in [1.29, 1.82) is 0 Å². The lowest BCUT2D eigenvalue weighted by atomic mass is 9.94. The van der Waals surface area contributed by atoms with E-state index in [1.807, 2.05) is 30.3 Å². The number of aliphatic hydroxyl groups is 1. The molecule has 1 aliphatic rings. The van der Waals surface area contributed by atoms with Gasteiger partial charge >= 0.3 is 0 Å². The summed E-state index contributed by atoms with van der Waals surface area (Å²) in [4.78, 5) is 27.3. The third kappa shape index (κ3) is 5.05. The second kappa shape index (κ2) is 10.4. The molecule has 0 radical (unpaired) electrons. The molecule has 4 rings (SSSR count). The van der Waals surface area contributed by atoms with Gasteiger partial charge in [0.1, 0.15) is 23.9 Å². The van der Waals surface area contributed by atoms with Crippen molar-refractivity contribution in [3.05, 3.63) is 101 Å². The van der Waals surface area contributed by atoms with Crippen LogP contribution in [0.15, 0.2) is 78.4 Å². The highest BCUT2D eigenvalue weighted by Crippen LogP contribution is 2.40. The van der Waals surface area contributed by atoms with E-state index in [2.05, 4.69) is 0 Å². The summed E-state index contributed by atoms with van der Waals surface area (Å²) in [7, 11) is 1.51. The van der Waals surface area contributed by atoms with Gasteiger partial charge in [-0.05, 0) is 53.9 Å². The molecule has 0 saturated carbocycles. The predicted molar refractivity (Wildman–Crippen MR) is 131 cm³/mol. The number of rotatable bonds is 8. The van der Waals surface area contributed by atoms with Crippen LogP contribution in [0.1, 0.15) is 28.3 Å². The quantitative estimate of drug-likeness (QED) is 0.287. The molecule has 1 saturated heterocycles. The molecule has 3 aromatic carbocycles. The highest BCUT2D eigenvalue weighted by Gasteiger charge is 2.46. The van der Waals surface area contributed by atoms with Crippen molar-refractivity contribution in [2.45, 2.75) is 19.6 Å². The van der Waals surface area contributed by atoms with E-state index in [0.29, 0.717) is 29.0 Å². The molecule has 1 aliphatic heterocycles. The minimum absolute atomic E-state index is 0.00199. The van der Waals surface area contributed by atoms with Crippen LogP contribution in [0.25, 0.3) is 5.76 Å². The number of Topliss-reactive ketones (excluding diaryl/α,β-unsaturated/α-hetero) is 1. The Morgan fingerprint density at radius 3 is 2.37 bits per heavy atom. The van der Waals surface area contributed by atoms with Gasteiger partial charge in [-0.3, -0.25) is 9.59 Å². The molecule has 0 bridgehead atoms. The number of carbonyl (C=O) groups is 2. The Balaban J connectivity index is 1.70. The lowest BCUT2D eigenvalue weighted by Crippen LogP contribution is -2.32. The molecule has 1 unspecified atom stereocenters. The summed E-state index contributed by atoms with van der Waals surface area (Å²) in [5.41, 5.74) is 2.76. The van der Waals surface area contributed by atoms with Crippen LogP contribution in [0.4, 0.5) is 0 Å². The van der Waals surface area contributed by atoms with Gasteiger partial charge in [-0.2, -0.15) is 0 Å². The van der Waals surface area contributed by atoms with Crippen LogP contribution >= 0.6 is 0 Å². The average molecular weight is 474 g/mol. The van der Waals surface area contributed by atoms with Crippen molar-refractivity contribution in [2.75, 3.05) is 20.3 Å². The Kier molecular flexibility index (Phi) is 7.17. The lowest BCUT2D eigenvalue weighted by Gasteiger charge is -2.25. The number of amides is 1. The van der Waals surface area contributed by atoms with Crippen molar-refractivity contribution in [2.24, 2.45) is 0 Å². The molecule has 7 heteroatoms. The third-order valence-corrected chi connectivity index (χ3v) is 5.99. The third-order valence-electron chi connectivity index (χ3n) is 5.99. The Morgan fingerprint density at radius 2 is 1.71 bits per heavy atom. The van der Waals surface area contributed by atoms with Gasteiger partial charge in [0.15, 0.2) is 0 Å². The van der Waals surface area contributed by atoms with Crippen LogP contribution in [-0.4, -0.2) is 47.1 Å². The van der Waals surface area contributed by atoms with Crippen molar-refractivity contribution in [3.8, 4) is 11.5 Å². The number of aryl methyl sites for hydroxylation is 1. The van der Waals surface area contributed by atoms with E-state index in [4.69, 9.17) is 9.47 Å². The minimum atomic E-state index is -0.806. The molecule has 0 spiro atoms. The van der Waals surface area contributed by atoms with Crippen molar-refractivity contribution in [1.82, 2.24) is 4.90 Å². The highest BCUT2D eigenvalue weighted by molar-refractivity contribution is 6.46. The average Bonchev–Trinajstić information content (AvgIpc) is 3.12. The number of likely N-dealkylation sites (tertiary alicyclic amines) is 1. The molecule has 2 N–H and O–H groups in total. The van der Waals surface area contributed by atoms with Gasteiger partial charge in [-0.25, -0.2) is 0 Å². The smallest absolute Gasteiger partial charge is 0.295 e. The predicted octanol–water partition coefficient (Wildman–Crippen LogP) is 4.35. The molecule has 1 fully saturated rings. The molecular formula is C28H27NO6. The fourth-order valence-electron chi connectivity index (χ4n) is 4.18. The maximum atomic E-state index is 13.1. The molecular weight excluding hydrogens is 446 g/mol. The molecule has 0 aliphatic carbocycles. The number of benzene rings is 3. The number of methoxy groups -OCH3 is 1. The van der Waals surface area contributed by atoms with Crippen molar-refractivity contribution < 1.29 is 29.3 Å². The highest BCUT2D eigenvalue weighted by atomic mass is 16.5. The summed E-state index contributed by atoms with van der Waals surface area (Å²) in [6.07, 6.45) is 0. The topological polar surface area (TPSA) is 96.3 Å². The van der Waals surface area contributed by atoms with Gasteiger partial charge in [0.25, 0.3) is 11.7 Å². The normalized spacial score (nSPS) is 17.1. The summed E-state index contributed by atoms with van der Waals surface area (Å²) in [5.74, 6) is -1.04. The van der Waals surface area contributed by atoms with E-state index in [9.17, 15) is 19.8 Å². The second-order valence-electron chi connectivity index (χ2n) is 8.33. The summed E-state index contributed by atoms with van der Waals surface area (Å²) in [5, 5.41) is 21.0. The molecule has 1 amide bonds. The van der Waals surface area contributed by atoms with Crippen LogP contribution in [0, 0.1) is 6.92 Å². The Labute approximate surface area is 203 Å². The second-order valence-corrected chi connectivity index (χ2v) is 8.33. The number of phenolic OH excluding ortho intramolecular Hbond substituents is 1. The van der Waals surface area contributed by atoms with Gasteiger partial charge < -0.3 is 24.6 Å². The SMILES string of the molecule is COCCN1C(=O)C(=O)/C(=C(\O)c2ccc(OCc3ccccc3)cc2C)C1c1ccc(O)cc1. The van der Waals surface area contributed by atoms with Crippen LogP contribution in [0.5, 0.6) is 11.5 Å². The first kappa shape index (κ1) is 24.0. The van der Waals surface area contributed by atoms with Crippen LogP contribution in [0.2, 0.25) is 0 Å². The molecule has 1 atom stereocenters. The van der Waals surface area contributed by atoms with Gasteiger partial charge in [0.05, 0.1) is 18.2 Å². The maximum Gasteiger partial charge on any atom is 0.295 e. The maximum absolute atomic E-state index is 13.1. The summed E-state index contributed by atoms with van der Waals surface area (Å²) in [6, 6.07) is 20.4. The largest absolute Gasteiger partial charge is 0.508 e. The van der Waals surface area contributed by atoms with E-state index in [0.717, 1.165) is 5.56 Å². The monoisotopic (exact) mass is 473 g/mol. The van der Waals surface area contributed by atoms with Gasteiger partial charge in [0.2, 0.25) is 0 Å². The Hall–Kier alpha value is -4.10. The van der Waals surface area contributed by atoms with E-state index >= 15 is 0 Å². The number of nitrogens with zero attached hydrogens (tertiary/aromatic N) is 1. The first-order valence-corrected chi connectivity index (χ1v) is 11.2. The number of hydrogen-bond acceptors (Lipinski definition) is 6. The number of phenols is 1. The first-order chi connectivity index (χ1) is 16.9. The van der Waals surface area contributed by atoms with E-state index in [-0.39, 0.29) is 30.2 Å². The summed E-state index contributed by atoms with van der Waals surface area (Å²) in [6.45, 7) is 2.61. The van der Waals surface area contributed by atoms with Gasteiger partial charge in [-0.1, -0.05) is 42.5 Å². The minimum Gasteiger partial charge on any atom is -0.508 e. The lowest BCUT2D eigenvalue weighted by molar-refractivity contribution is -0.140. The molecule has 35 heavy (non-hydrogen) atoms. The fraction of sp³-hybridized carbons (Fsp3) is 0.214. The summed E-state index contributed by atoms with van der Waals surface area (Å²) >= 11 is 0. The number of ether oxygens (including phenoxy) is 2. The van der Waals surface area contributed by atoms with Crippen molar-refractivity contribution in [3.63, 3.8) is 0 Å². The van der Waals surface area contributed by atoms with Crippen LogP contribution < -0.4 is 4.74 Å². The fourth-order valence-corrected chi connectivity index (χ4v) is 4.18. The molecule has 1 heterocycles. The Bertz CT molecular complexity index is 1250. The van der Waals surface area contributed by atoms with Crippen molar-refractivity contribution >= 4 is 17.4 Å². The van der Waals surface area contributed by atoms with Crippen LogP contribution in [0.3, 0.4) is 0 Å². The molecule has 180 valence electrons. The number of aromatic hydroxyl groups is 1. The number of ketones is 1. The zero-order valence-corrected chi connectivity index (χ0v) is 19.6. The van der Waals surface area contributed by atoms with Gasteiger partial charge in [-0.15, -0.1) is 0 Å². The zero-order valence-electron chi connectivity index (χ0n) is 19.6.